The number of nitrogens with zero attached hydrogens (tertiary/aromatic N) is 2. The number of fused-ring (bicyclic) bond motifs is 3. The fourth-order valence-corrected chi connectivity index (χ4v) is 3.60. The van der Waals surface area contributed by atoms with Gasteiger partial charge in [0.1, 0.15) is 0 Å². The second kappa shape index (κ2) is 5.85. The minimum Gasteiger partial charge on any atom is -0.232 e. The van der Waals surface area contributed by atoms with Crippen molar-refractivity contribution in [3.05, 3.63) is 96.7 Å². The third-order valence-corrected chi connectivity index (χ3v) is 4.94. The molecule has 0 bridgehead atoms. The highest BCUT2D eigenvalue weighted by Crippen LogP contribution is 2.34. The van der Waals surface area contributed by atoms with Crippen molar-refractivity contribution in [3.8, 4) is 22.4 Å². The minimum atomic E-state index is 1.11. The van der Waals surface area contributed by atoms with E-state index in [1.54, 1.807) is 0 Å². The van der Waals surface area contributed by atoms with Crippen LogP contribution in [0.1, 0.15) is 5.56 Å². The molecule has 0 amide bonds. The highest BCUT2D eigenvalue weighted by molar-refractivity contribution is 6.04. The van der Waals surface area contributed by atoms with E-state index in [1.165, 1.54) is 33.0 Å². The first kappa shape index (κ1) is 14.9. The molecule has 2 aromatic heterocycles. The highest BCUT2D eigenvalue weighted by Gasteiger charge is 2.14. The number of pyridine rings is 1. The average Bonchev–Trinajstić information content (AvgIpc) is 3.14. The standard InChI is InChI=1S/C24H18N2/c1-17-11-13-18(14-12-17)22-16-25-26-23(19-7-3-2-4-8-19)15-20-9-5-6-10-21(20)24(22)26/h2-16H,1H3. The van der Waals surface area contributed by atoms with Crippen molar-refractivity contribution < 1.29 is 0 Å². The molecule has 0 aliphatic heterocycles. The van der Waals surface area contributed by atoms with Gasteiger partial charge < -0.3 is 0 Å². The SMILES string of the molecule is Cc1ccc(-c2cnn3c(-c4ccccc4)cc4ccccc4c23)cc1. The van der Waals surface area contributed by atoms with Crippen LogP contribution in [0.5, 0.6) is 0 Å². The molecular weight excluding hydrogens is 316 g/mol. The maximum atomic E-state index is 4.76. The third kappa shape index (κ3) is 2.31. The largest absolute Gasteiger partial charge is 0.232 e. The molecule has 0 fully saturated rings. The van der Waals surface area contributed by atoms with Crippen LogP contribution in [-0.4, -0.2) is 9.61 Å². The van der Waals surface area contributed by atoms with Crippen LogP contribution >= 0.6 is 0 Å². The summed E-state index contributed by atoms with van der Waals surface area (Å²) in [5, 5.41) is 7.21. The molecule has 2 heteroatoms. The second-order valence-electron chi connectivity index (χ2n) is 6.67. The van der Waals surface area contributed by atoms with Gasteiger partial charge in [-0.3, -0.25) is 0 Å². The molecule has 5 aromatic rings. The number of aryl methyl sites for hydroxylation is 1. The van der Waals surface area contributed by atoms with Crippen LogP contribution in [0, 0.1) is 6.92 Å². The zero-order chi connectivity index (χ0) is 17.5. The van der Waals surface area contributed by atoms with Crippen LogP contribution in [-0.2, 0) is 0 Å². The Morgan fingerprint density at radius 2 is 1.46 bits per heavy atom. The molecule has 5 rings (SSSR count). The summed E-state index contributed by atoms with van der Waals surface area (Å²) < 4.78 is 2.08. The van der Waals surface area contributed by atoms with Crippen LogP contribution in [0.15, 0.2) is 91.1 Å². The van der Waals surface area contributed by atoms with E-state index in [2.05, 4.69) is 90.3 Å². The summed E-state index contributed by atoms with van der Waals surface area (Å²) in [5.41, 5.74) is 7.06. The summed E-state index contributed by atoms with van der Waals surface area (Å²) in [4.78, 5) is 0. The van der Waals surface area contributed by atoms with E-state index in [0.717, 1.165) is 11.2 Å². The summed E-state index contributed by atoms with van der Waals surface area (Å²) in [5.74, 6) is 0. The predicted octanol–water partition coefficient (Wildman–Crippen LogP) is 6.13. The number of hydrogen-bond donors (Lipinski definition) is 0. The summed E-state index contributed by atoms with van der Waals surface area (Å²) in [6.07, 6.45) is 1.98. The van der Waals surface area contributed by atoms with Crippen LogP contribution in [0.4, 0.5) is 0 Å². The van der Waals surface area contributed by atoms with Crippen molar-refractivity contribution in [2.45, 2.75) is 6.92 Å². The van der Waals surface area contributed by atoms with E-state index in [4.69, 9.17) is 5.10 Å². The van der Waals surface area contributed by atoms with Crippen molar-refractivity contribution in [2.24, 2.45) is 0 Å². The Labute approximate surface area is 152 Å². The fraction of sp³-hybridized carbons (Fsp3) is 0.0417. The Morgan fingerprint density at radius 3 is 2.27 bits per heavy atom. The van der Waals surface area contributed by atoms with Gasteiger partial charge in [0, 0.05) is 16.5 Å². The maximum absolute atomic E-state index is 4.76. The van der Waals surface area contributed by atoms with E-state index in [0.29, 0.717) is 0 Å². The molecule has 2 heterocycles. The number of aromatic nitrogens is 2. The topological polar surface area (TPSA) is 17.3 Å². The van der Waals surface area contributed by atoms with Gasteiger partial charge in [0.15, 0.2) is 0 Å². The molecule has 124 valence electrons. The van der Waals surface area contributed by atoms with E-state index in [9.17, 15) is 0 Å². The molecule has 0 atom stereocenters. The van der Waals surface area contributed by atoms with Gasteiger partial charge in [0.05, 0.1) is 17.4 Å². The Kier molecular flexibility index (Phi) is 3.36. The van der Waals surface area contributed by atoms with Crippen molar-refractivity contribution in [1.82, 2.24) is 9.61 Å². The number of benzene rings is 3. The van der Waals surface area contributed by atoms with Gasteiger partial charge in [0.2, 0.25) is 0 Å². The second-order valence-corrected chi connectivity index (χ2v) is 6.67. The molecule has 0 unspecified atom stereocenters. The summed E-state index contributed by atoms with van der Waals surface area (Å²) in [7, 11) is 0. The van der Waals surface area contributed by atoms with E-state index < -0.39 is 0 Å². The minimum absolute atomic E-state index is 1.11. The Bertz CT molecular complexity index is 1220. The molecule has 0 N–H and O–H groups in total. The smallest absolute Gasteiger partial charge is 0.0825 e. The third-order valence-electron chi connectivity index (χ3n) is 4.94. The lowest BCUT2D eigenvalue weighted by molar-refractivity contribution is 0.975. The first-order valence-corrected chi connectivity index (χ1v) is 8.83. The van der Waals surface area contributed by atoms with Crippen LogP contribution in [0.25, 0.3) is 38.7 Å². The van der Waals surface area contributed by atoms with Crippen molar-refractivity contribution in [3.63, 3.8) is 0 Å². The zero-order valence-corrected chi connectivity index (χ0v) is 14.6. The van der Waals surface area contributed by atoms with E-state index >= 15 is 0 Å². The van der Waals surface area contributed by atoms with Gasteiger partial charge in [0.25, 0.3) is 0 Å². The molecule has 3 aromatic carbocycles. The number of hydrogen-bond acceptors (Lipinski definition) is 1. The number of rotatable bonds is 2. The van der Waals surface area contributed by atoms with Crippen LogP contribution < -0.4 is 0 Å². The molecule has 0 aliphatic rings. The molecule has 0 aliphatic carbocycles. The molecule has 0 saturated heterocycles. The normalized spacial score (nSPS) is 11.3. The Balaban J connectivity index is 1.90. The molecule has 0 radical (unpaired) electrons. The van der Waals surface area contributed by atoms with Gasteiger partial charge in [-0.2, -0.15) is 5.10 Å². The van der Waals surface area contributed by atoms with E-state index in [1.807, 2.05) is 12.3 Å². The maximum Gasteiger partial charge on any atom is 0.0825 e. The summed E-state index contributed by atoms with van der Waals surface area (Å²) >= 11 is 0. The predicted molar refractivity (Wildman–Crippen MR) is 108 cm³/mol. The van der Waals surface area contributed by atoms with Crippen molar-refractivity contribution in [1.29, 1.82) is 0 Å². The van der Waals surface area contributed by atoms with Crippen LogP contribution in [0.3, 0.4) is 0 Å². The molecule has 0 saturated carbocycles. The Morgan fingerprint density at radius 1 is 0.731 bits per heavy atom. The van der Waals surface area contributed by atoms with Gasteiger partial charge in [-0.05, 0) is 23.9 Å². The van der Waals surface area contributed by atoms with Crippen LogP contribution in [0.2, 0.25) is 0 Å². The monoisotopic (exact) mass is 334 g/mol. The highest BCUT2D eigenvalue weighted by atomic mass is 15.2. The summed E-state index contributed by atoms with van der Waals surface area (Å²) in [6, 6.07) is 29.9. The molecule has 2 nitrogen and oxygen atoms in total. The summed E-state index contributed by atoms with van der Waals surface area (Å²) in [6.45, 7) is 2.11. The quantitative estimate of drug-likeness (QED) is 0.379. The lowest BCUT2D eigenvalue weighted by Gasteiger charge is -2.10. The average molecular weight is 334 g/mol. The van der Waals surface area contributed by atoms with Crippen molar-refractivity contribution >= 4 is 16.3 Å². The van der Waals surface area contributed by atoms with Gasteiger partial charge in [-0.25, -0.2) is 4.52 Å². The lowest BCUT2D eigenvalue weighted by Crippen LogP contribution is -1.95. The van der Waals surface area contributed by atoms with Crippen molar-refractivity contribution in [2.75, 3.05) is 0 Å². The first-order valence-electron chi connectivity index (χ1n) is 8.83. The lowest BCUT2D eigenvalue weighted by atomic mass is 10.0. The van der Waals surface area contributed by atoms with Gasteiger partial charge in [-0.1, -0.05) is 84.4 Å². The zero-order valence-electron chi connectivity index (χ0n) is 14.6. The van der Waals surface area contributed by atoms with Gasteiger partial charge >= 0.3 is 0 Å². The Hall–Kier alpha value is -3.39. The fourth-order valence-electron chi connectivity index (χ4n) is 3.60. The molecule has 0 spiro atoms. The van der Waals surface area contributed by atoms with Gasteiger partial charge in [-0.15, -0.1) is 0 Å². The van der Waals surface area contributed by atoms with E-state index in [-0.39, 0.29) is 0 Å². The molecular formula is C24H18N2. The molecule has 26 heavy (non-hydrogen) atoms. The first-order chi connectivity index (χ1) is 12.8.